The van der Waals surface area contributed by atoms with Crippen molar-refractivity contribution in [2.45, 2.75) is 24.7 Å². The number of nitrogens with two attached hydrogens (primary N) is 1. The summed E-state index contributed by atoms with van der Waals surface area (Å²) >= 11 is 0. The maximum Gasteiger partial charge on any atom is 0.171 e. The molecule has 0 bridgehead atoms. The Morgan fingerprint density at radius 1 is 1.19 bits per heavy atom. The van der Waals surface area contributed by atoms with Crippen LogP contribution in [0.2, 0.25) is 0 Å². The van der Waals surface area contributed by atoms with E-state index in [2.05, 4.69) is 0 Å². The van der Waals surface area contributed by atoms with E-state index < -0.39 is 28.5 Å². The van der Waals surface area contributed by atoms with Gasteiger partial charge < -0.3 is 15.9 Å². The number of rotatable bonds is 2. The predicted molar refractivity (Wildman–Crippen MR) is 54.3 cm³/mol. The highest BCUT2D eigenvalue weighted by Gasteiger charge is 2.43. The number of halogens is 2. The fraction of sp³-hybridized carbons (Fsp3) is 0.455. The molecule has 0 spiro atoms. The van der Waals surface area contributed by atoms with Crippen molar-refractivity contribution in [1.29, 1.82) is 0 Å². The lowest BCUT2D eigenvalue weighted by Gasteiger charge is -2.41. The zero-order valence-electron chi connectivity index (χ0n) is 8.63. The highest BCUT2D eigenvalue weighted by molar-refractivity contribution is 5.45. The van der Waals surface area contributed by atoms with Crippen LogP contribution in [-0.4, -0.2) is 16.8 Å². The zero-order valence-corrected chi connectivity index (χ0v) is 8.63. The first-order valence-electron chi connectivity index (χ1n) is 5.12. The van der Waals surface area contributed by atoms with Gasteiger partial charge in [-0.05, 0) is 12.8 Å². The minimum absolute atomic E-state index is 0.101. The number of phenolic OH excluding ortho intramolecular Hbond substituents is 2. The molecule has 0 saturated heterocycles. The number of hydrogen-bond donors (Lipinski definition) is 3. The third kappa shape index (κ3) is 1.35. The predicted octanol–water partition coefficient (Wildman–Crippen LogP) is 1.76. The van der Waals surface area contributed by atoms with Crippen molar-refractivity contribution in [3.8, 4) is 11.5 Å². The van der Waals surface area contributed by atoms with Gasteiger partial charge >= 0.3 is 0 Å². The average Bonchev–Trinajstić information content (AvgIpc) is 2.19. The van der Waals surface area contributed by atoms with E-state index >= 15 is 0 Å². The van der Waals surface area contributed by atoms with Gasteiger partial charge in [-0.25, -0.2) is 8.78 Å². The van der Waals surface area contributed by atoms with Crippen molar-refractivity contribution in [2.24, 2.45) is 5.73 Å². The standard InChI is InChI=1S/C11H13F2NO2/c12-9-6(15)4-7(16)10(13)8(9)11(5-14)2-1-3-11/h4,15-16H,1-3,5,14H2. The van der Waals surface area contributed by atoms with Crippen molar-refractivity contribution in [3.63, 3.8) is 0 Å². The van der Waals surface area contributed by atoms with E-state index in [0.29, 0.717) is 18.9 Å². The molecule has 0 radical (unpaired) electrons. The highest BCUT2D eigenvalue weighted by atomic mass is 19.1. The number of benzene rings is 1. The quantitative estimate of drug-likeness (QED) is 0.723. The molecule has 1 aromatic rings. The number of hydrogen-bond acceptors (Lipinski definition) is 3. The molecule has 1 saturated carbocycles. The van der Waals surface area contributed by atoms with Crippen LogP contribution in [0.1, 0.15) is 24.8 Å². The van der Waals surface area contributed by atoms with E-state index in [4.69, 9.17) is 5.73 Å². The third-order valence-electron chi connectivity index (χ3n) is 3.39. The second-order valence-corrected chi connectivity index (χ2v) is 4.26. The van der Waals surface area contributed by atoms with Crippen LogP contribution >= 0.6 is 0 Å². The lowest BCUT2D eigenvalue weighted by molar-refractivity contribution is 0.229. The summed E-state index contributed by atoms with van der Waals surface area (Å²) in [4.78, 5) is 0. The lowest BCUT2D eigenvalue weighted by Crippen LogP contribution is -2.43. The van der Waals surface area contributed by atoms with Crippen LogP contribution in [0.3, 0.4) is 0 Å². The first kappa shape index (κ1) is 11.1. The van der Waals surface area contributed by atoms with E-state index in [1.54, 1.807) is 0 Å². The summed E-state index contributed by atoms with van der Waals surface area (Å²) in [5.74, 6) is -3.51. The molecule has 1 fully saturated rings. The lowest BCUT2D eigenvalue weighted by atomic mass is 9.64. The summed E-state index contributed by atoms with van der Waals surface area (Å²) in [7, 11) is 0. The van der Waals surface area contributed by atoms with Gasteiger partial charge in [-0.15, -0.1) is 0 Å². The Morgan fingerprint density at radius 2 is 1.69 bits per heavy atom. The van der Waals surface area contributed by atoms with Crippen LogP contribution in [-0.2, 0) is 5.41 Å². The molecule has 1 aliphatic carbocycles. The summed E-state index contributed by atoms with van der Waals surface area (Å²) in [5, 5.41) is 18.5. The fourth-order valence-corrected chi connectivity index (χ4v) is 2.23. The first-order valence-corrected chi connectivity index (χ1v) is 5.12. The summed E-state index contributed by atoms with van der Waals surface area (Å²) in [6, 6.07) is 0.664. The fourth-order valence-electron chi connectivity index (χ4n) is 2.23. The van der Waals surface area contributed by atoms with E-state index in [-0.39, 0.29) is 12.1 Å². The molecule has 0 heterocycles. The largest absolute Gasteiger partial charge is 0.505 e. The van der Waals surface area contributed by atoms with Crippen LogP contribution in [0, 0.1) is 11.6 Å². The van der Waals surface area contributed by atoms with Crippen molar-refractivity contribution < 1.29 is 19.0 Å². The summed E-state index contributed by atoms with van der Waals surface area (Å²) in [6.45, 7) is 0.101. The molecule has 3 nitrogen and oxygen atoms in total. The SMILES string of the molecule is NCC1(c2c(F)c(O)cc(O)c2F)CCC1. The summed E-state index contributed by atoms with van der Waals surface area (Å²) in [6.07, 6.45) is 1.98. The maximum absolute atomic E-state index is 13.7. The van der Waals surface area contributed by atoms with Crippen LogP contribution < -0.4 is 5.73 Å². The van der Waals surface area contributed by atoms with Gasteiger partial charge in [0, 0.05) is 23.6 Å². The van der Waals surface area contributed by atoms with Crippen molar-refractivity contribution >= 4 is 0 Å². The Bertz CT molecular complexity index is 399. The van der Waals surface area contributed by atoms with E-state index in [1.807, 2.05) is 0 Å². The van der Waals surface area contributed by atoms with Crippen molar-refractivity contribution in [2.75, 3.05) is 6.54 Å². The number of aromatic hydroxyl groups is 2. The zero-order chi connectivity index (χ0) is 11.9. The van der Waals surface area contributed by atoms with Gasteiger partial charge in [0.25, 0.3) is 0 Å². The molecule has 0 unspecified atom stereocenters. The smallest absolute Gasteiger partial charge is 0.171 e. The monoisotopic (exact) mass is 229 g/mol. The topological polar surface area (TPSA) is 66.5 Å². The molecular weight excluding hydrogens is 216 g/mol. The Kier molecular flexibility index (Phi) is 2.50. The molecular formula is C11H13F2NO2. The van der Waals surface area contributed by atoms with Gasteiger partial charge in [-0.3, -0.25) is 0 Å². The Labute approximate surface area is 91.5 Å². The van der Waals surface area contributed by atoms with Crippen LogP contribution in [0.5, 0.6) is 11.5 Å². The molecule has 0 aromatic heterocycles. The minimum atomic E-state index is -1.01. The van der Waals surface area contributed by atoms with Gasteiger partial charge in [0.1, 0.15) is 0 Å². The molecule has 1 aromatic carbocycles. The van der Waals surface area contributed by atoms with Gasteiger partial charge in [-0.2, -0.15) is 0 Å². The summed E-state index contributed by atoms with van der Waals surface area (Å²) < 4.78 is 27.4. The van der Waals surface area contributed by atoms with E-state index in [0.717, 1.165) is 6.42 Å². The molecule has 2 rings (SSSR count). The van der Waals surface area contributed by atoms with Gasteiger partial charge in [0.2, 0.25) is 0 Å². The Balaban J connectivity index is 2.63. The molecule has 5 heteroatoms. The first-order chi connectivity index (χ1) is 7.52. The van der Waals surface area contributed by atoms with Crippen LogP contribution in [0.25, 0.3) is 0 Å². The highest BCUT2D eigenvalue weighted by Crippen LogP contribution is 2.47. The van der Waals surface area contributed by atoms with Gasteiger partial charge in [-0.1, -0.05) is 6.42 Å². The molecule has 0 atom stereocenters. The minimum Gasteiger partial charge on any atom is -0.505 e. The average molecular weight is 229 g/mol. The van der Waals surface area contributed by atoms with Crippen molar-refractivity contribution in [1.82, 2.24) is 0 Å². The van der Waals surface area contributed by atoms with Gasteiger partial charge in [0.05, 0.1) is 0 Å². The molecule has 0 amide bonds. The van der Waals surface area contributed by atoms with Gasteiger partial charge in [0.15, 0.2) is 23.1 Å². The Morgan fingerprint density at radius 3 is 2.00 bits per heavy atom. The van der Waals surface area contributed by atoms with Crippen LogP contribution in [0.4, 0.5) is 8.78 Å². The number of phenols is 2. The maximum atomic E-state index is 13.7. The third-order valence-corrected chi connectivity index (χ3v) is 3.39. The molecule has 4 N–H and O–H groups in total. The second-order valence-electron chi connectivity index (χ2n) is 4.26. The normalized spacial score (nSPS) is 18.2. The molecule has 88 valence electrons. The molecule has 0 aliphatic heterocycles. The van der Waals surface area contributed by atoms with Crippen molar-refractivity contribution in [3.05, 3.63) is 23.3 Å². The summed E-state index contributed by atoms with van der Waals surface area (Å²) in [5.41, 5.74) is 4.49. The Hall–Kier alpha value is -1.36. The van der Waals surface area contributed by atoms with E-state index in [1.165, 1.54) is 0 Å². The second kappa shape index (κ2) is 3.59. The molecule has 16 heavy (non-hydrogen) atoms. The van der Waals surface area contributed by atoms with E-state index in [9.17, 15) is 19.0 Å². The molecule has 1 aliphatic rings. The van der Waals surface area contributed by atoms with Crippen LogP contribution in [0.15, 0.2) is 6.07 Å².